The molecule has 0 radical (unpaired) electrons. The standard InChI is InChI=1S/C17H17NO4/c1-3-22-17(19)16(13-9-11-15(21-2)12-10-13)18(20)14-7-5-4-6-8-14/h4-12H,3H2,1-2H3/b18-16+. The molecule has 0 fully saturated rings. The summed E-state index contributed by atoms with van der Waals surface area (Å²) < 4.78 is 10.7. The Hall–Kier alpha value is -2.82. The van der Waals surface area contributed by atoms with E-state index in [9.17, 15) is 10.0 Å². The van der Waals surface area contributed by atoms with Crippen LogP contribution >= 0.6 is 0 Å². The van der Waals surface area contributed by atoms with Crippen LogP contribution in [0.5, 0.6) is 5.75 Å². The van der Waals surface area contributed by atoms with Crippen molar-refractivity contribution in [2.75, 3.05) is 13.7 Å². The van der Waals surface area contributed by atoms with Gasteiger partial charge in [0.05, 0.1) is 19.3 Å². The SMILES string of the molecule is CCOC(=O)/C(c1ccc(OC)cc1)=[N+](/[O-])c1ccccc1. The number of rotatable bonds is 5. The maximum Gasteiger partial charge on any atom is 0.405 e. The quantitative estimate of drug-likeness (QED) is 0.280. The summed E-state index contributed by atoms with van der Waals surface area (Å²) in [4.78, 5) is 12.2. The molecular weight excluding hydrogens is 282 g/mol. The van der Waals surface area contributed by atoms with Crippen molar-refractivity contribution in [3.63, 3.8) is 0 Å². The number of methoxy groups -OCH3 is 1. The van der Waals surface area contributed by atoms with E-state index in [-0.39, 0.29) is 12.3 Å². The Morgan fingerprint density at radius 3 is 2.27 bits per heavy atom. The number of carbonyl (C=O) groups excluding carboxylic acids is 1. The predicted molar refractivity (Wildman–Crippen MR) is 83.5 cm³/mol. The second-order valence-electron chi connectivity index (χ2n) is 4.43. The van der Waals surface area contributed by atoms with Gasteiger partial charge in [-0.3, -0.25) is 0 Å². The zero-order valence-corrected chi connectivity index (χ0v) is 12.5. The van der Waals surface area contributed by atoms with Crippen molar-refractivity contribution in [1.82, 2.24) is 0 Å². The monoisotopic (exact) mass is 299 g/mol. The van der Waals surface area contributed by atoms with Crippen molar-refractivity contribution < 1.29 is 19.0 Å². The lowest BCUT2D eigenvalue weighted by Gasteiger charge is -2.10. The van der Waals surface area contributed by atoms with Crippen LogP contribution in [-0.4, -0.2) is 30.1 Å². The van der Waals surface area contributed by atoms with Crippen molar-refractivity contribution in [2.24, 2.45) is 0 Å². The summed E-state index contributed by atoms with van der Waals surface area (Å²) in [6, 6.07) is 15.2. The number of ether oxygens (including phenoxy) is 2. The van der Waals surface area contributed by atoms with E-state index in [2.05, 4.69) is 0 Å². The second-order valence-corrected chi connectivity index (χ2v) is 4.43. The summed E-state index contributed by atoms with van der Waals surface area (Å²) in [6.45, 7) is 1.89. The molecular formula is C17H17NO4. The van der Waals surface area contributed by atoms with E-state index < -0.39 is 5.97 Å². The minimum Gasteiger partial charge on any atom is -0.618 e. The minimum absolute atomic E-state index is 0.0595. The lowest BCUT2D eigenvalue weighted by molar-refractivity contribution is -0.360. The number of benzene rings is 2. The number of carbonyl (C=O) groups is 1. The van der Waals surface area contributed by atoms with Gasteiger partial charge >= 0.3 is 11.7 Å². The molecule has 0 saturated carbocycles. The Morgan fingerprint density at radius 1 is 1.09 bits per heavy atom. The molecule has 0 atom stereocenters. The number of para-hydroxylation sites is 1. The van der Waals surface area contributed by atoms with Crippen molar-refractivity contribution in [2.45, 2.75) is 6.92 Å². The minimum atomic E-state index is -0.661. The van der Waals surface area contributed by atoms with E-state index >= 15 is 0 Å². The first kappa shape index (κ1) is 15.6. The Labute approximate surface area is 129 Å². The molecule has 0 aliphatic heterocycles. The highest BCUT2D eigenvalue weighted by atomic mass is 16.5. The van der Waals surface area contributed by atoms with Crippen LogP contribution in [0.1, 0.15) is 12.5 Å². The Bertz CT molecular complexity index is 663. The molecule has 0 amide bonds. The first-order valence-corrected chi connectivity index (χ1v) is 6.88. The topological polar surface area (TPSA) is 61.6 Å². The van der Waals surface area contributed by atoms with Crippen molar-refractivity contribution in [3.05, 3.63) is 65.4 Å². The summed E-state index contributed by atoms with van der Waals surface area (Å²) >= 11 is 0. The average Bonchev–Trinajstić information content (AvgIpc) is 2.56. The number of hydrogen-bond donors (Lipinski definition) is 0. The summed E-state index contributed by atoms with van der Waals surface area (Å²) in [5.41, 5.74) is 0.773. The van der Waals surface area contributed by atoms with E-state index in [4.69, 9.17) is 9.47 Å². The van der Waals surface area contributed by atoms with Crippen molar-refractivity contribution in [1.29, 1.82) is 0 Å². The molecule has 0 aliphatic rings. The van der Waals surface area contributed by atoms with E-state index in [0.29, 0.717) is 21.7 Å². The van der Waals surface area contributed by atoms with E-state index in [0.717, 1.165) is 0 Å². The van der Waals surface area contributed by atoms with Crippen molar-refractivity contribution in [3.8, 4) is 5.75 Å². The zero-order chi connectivity index (χ0) is 15.9. The number of esters is 1. The van der Waals surface area contributed by atoms with E-state index in [1.807, 2.05) is 0 Å². The molecule has 2 aromatic carbocycles. The van der Waals surface area contributed by atoms with Crippen LogP contribution < -0.4 is 4.74 Å². The third-order valence-corrected chi connectivity index (χ3v) is 3.03. The van der Waals surface area contributed by atoms with Crippen LogP contribution in [0.15, 0.2) is 54.6 Å². The van der Waals surface area contributed by atoms with Crippen LogP contribution in [0.2, 0.25) is 0 Å². The van der Waals surface area contributed by atoms with Gasteiger partial charge in [-0.15, -0.1) is 0 Å². The van der Waals surface area contributed by atoms with Gasteiger partial charge in [-0.05, 0) is 31.2 Å². The molecule has 0 unspecified atom stereocenters. The van der Waals surface area contributed by atoms with Crippen LogP contribution in [0.3, 0.4) is 0 Å². The summed E-state index contributed by atoms with van der Waals surface area (Å²) in [6.07, 6.45) is 0. The molecule has 114 valence electrons. The van der Waals surface area contributed by atoms with Gasteiger partial charge in [0.25, 0.3) is 0 Å². The van der Waals surface area contributed by atoms with Crippen LogP contribution in [0.25, 0.3) is 0 Å². The smallest absolute Gasteiger partial charge is 0.405 e. The maximum atomic E-state index is 12.6. The fourth-order valence-electron chi connectivity index (χ4n) is 1.96. The van der Waals surface area contributed by atoms with E-state index in [1.165, 1.54) is 0 Å². The molecule has 0 heterocycles. The molecule has 0 bridgehead atoms. The summed E-state index contributed by atoms with van der Waals surface area (Å²) in [7, 11) is 1.55. The van der Waals surface area contributed by atoms with Crippen molar-refractivity contribution >= 4 is 17.4 Å². The highest BCUT2D eigenvalue weighted by Crippen LogP contribution is 2.16. The predicted octanol–water partition coefficient (Wildman–Crippen LogP) is 2.89. The third kappa shape index (κ3) is 3.44. The van der Waals surface area contributed by atoms with Crippen LogP contribution in [0.4, 0.5) is 5.69 Å². The molecule has 2 aromatic rings. The van der Waals surface area contributed by atoms with Crippen LogP contribution in [-0.2, 0) is 9.53 Å². The first-order valence-electron chi connectivity index (χ1n) is 6.88. The number of nitrogens with zero attached hydrogens (tertiary/aromatic N) is 1. The zero-order valence-electron chi connectivity index (χ0n) is 12.5. The Balaban J connectivity index is 2.53. The highest BCUT2D eigenvalue weighted by Gasteiger charge is 2.25. The van der Waals surface area contributed by atoms with Gasteiger partial charge in [-0.25, -0.2) is 4.79 Å². The van der Waals surface area contributed by atoms with E-state index in [1.54, 1.807) is 68.6 Å². The van der Waals surface area contributed by atoms with Gasteiger partial charge in [-0.2, -0.15) is 4.74 Å². The van der Waals surface area contributed by atoms with Gasteiger partial charge in [0, 0.05) is 12.1 Å². The summed E-state index contributed by atoms with van der Waals surface area (Å²) in [5, 5.41) is 12.6. The third-order valence-electron chi connectivity index (χ3n) is 3.03. The van der Waals surface area contributed by atoms with Gasteiger partial charge in [0.2, 0.25) is 5.69 Å². The molecule has 5 heteroatoms. The molecule has 0 aliphatic carbocycles. The molecule has 0 N–H and O–H groups in total. The van der Waals surface area contributed by atoms with Gasteiger partial charge < -0.3 is 14.7 Å². The fourth-order valence-corrected chi connectivity index (χ4v) is 1.96. The summed E-state index contributed by atoms with van der Waals surface area (Å²) in [5.74, 6) is -0.0179. The second kappa shape index (κ2) is 7.26. The largest absolute Gasteiger partial charge is 0.618 e. The average molecular weight is 299 g/mol. The fraction of sp³-hybridized carbons (Fsp3) is 0.176. The normalized spacial score (nSPS) is 11.5. The lowest BCUT2D eigenvalue weighted by Crippen LogP contribution is -2.26. The van der Waals surface area contributed by atoms with Gasteiger partial charge in [-0.1, -0.05) is 18.2 Å². The molecule has 2 rings (SSSR count). The number of hydrogen-bond acceptors (Lipinski definition) is 4. The highest BCUT2D eigenvalue weighted by molar-refractivity contribution is 6.41. The van der Waals surface area contributed by atoms with Crippen LogP contribution in [0, 0.1) is 5.21 Å². The first-order chi connectivity index (χ1) is 10.7. The molecule has 5 nitrogen and oxygen atoms in total. The maximum absolute atomic E-state index is 12.6. The van der Waals surface area contributed by atoms with Gasteiger partial charge in [0.1, 0.15) is 5.75 Å². The van der Waals surface area contributed by atoms with Gasteiger partial charge in [0.15, 0.2) is 0 Å². The lowest BCUT2D eigenvalue weighted by atomic mass is 10.1. The molecule has 0 spiro atoms. The molecule has 0 saturated heterocycles. The molecule has 0 aromatic heterocycles. The Morgan fingerprint density at radius 2 is 1.73 bits per heavy atom. The molecule has 22 heavy (non-hydrogen) atoms. The Kier molecular flexibility index (Phi) is 5.14.